The van der Waals surface area contributed by atoms with Crippen LogP contribution < -0.4 is 20.9 Å². The van der Waals surface area contributed by atoms with Gasteiger partial charge in [0, 0.05) is 11.6 Å². The fourth-order valence-electron chi connectivity index (χ4n) is 2.63. The predicted octanol–water partition coefficient (Wildman–Crippen LogP) is 1.97. The van der Waals surface area contributed by atoms with Crippen LogP contribution in [0.15, 0.2) is 54.6 Å². The van der Waals surface area contributed by atoms with E-state index in [0.717, 1.165) is 0 Å². The molecule has 2 aromatic carbocycles. The second-order valence-corrected chi connectivity index (χ2v) is 6.75. The van der Waals surface area contributed by atoms with Gasteiger partial charge in [-0.2, -0.15) is 0 Å². The molecule has 0 radical (unpaired) electrons. The summed E-state index contributed by atoms with van der Waals surface area (Å²) in [7, 11) is 0. The molecule has 0 heterocycles. The second-order valence-electron chi connectivity index (χ2n) is 6.75. The summed E-state index contributed by atoms with van der Waals surface area (Å²) in [6.07, 6.45) is 0.613. The van der Waals surface area contributed by atoms with Crippen LogP contribution in [-0.2, 0) is 9.59 Å². The largest absolute Gasteiger partial charge is 0.477 e. The van der Waals surface area contributed by atoms with Crippen molar-refractivity contribution in [2.75, 3.05) is 6.61 Å². The minimum absolute atomic E-state index is 0.0680. The molecule has 2 unspecified atom stereocenters. The van der Waals surface area contributed by atoms with Crippen LogP contribution in [0.1, 0.15) is 30.6 Å². The summed E-state index contributed by atoms with van der Waals surface area (Å²) in [4.78, 5) is 47.3. The van der Waals surface area contributed by atoms with Crippen LogP contribution in [0.3, 0.4) is 0 Å². The van der Waals surface area contributed by atoms with Gasteiger partial charge in [-0.25, -0.2) is 0 Å². The average molecular weight is 428 g/mol. The summed E-state index contributed by atoms with van der Waals surface area (Å²) in [5, 5.41) is 13.6. The highest BCUT2D eigenvalue weighted by Crippen LogP contribution is 2.25. The van der Waals surface area contributed by atoms with Gasteiger partial charge in [-0.05, 0) is 24.1 Å². The van der Waals surface area contributed by atoms with Crippen LogP contribution in [0, 0.1) is 16.0 Å². The van der Waals surface area contributed by atoms with Gasteiger partial charge in [0.25, 0.3) is 17.7 Å². The fourth-order valence-corrected chi connectivity index (χ4v) is 2.63. The number of nitro groups is 1. The summed E-state index contributed by atoms with van der Waals surface area (Å²) >= 11 is 0. The number of nitro benzene ring substituents is 1. The molecule has 10 nitrogen and oxygen atoms in total. The number of benzene rings is 2. The minimum atomic E-state index is -0.880. The molecule has 0 saturated carbocycles. The number of rotatable bonds is 9. The van der Waals surface area contributed by atoms with Crippen LogP contribution in [-0.4, -0.2) is 35.3 Å². The molecule has 3 N–H and O–H groups in total. The number of para-hydroxylation sites is 2. The third kappa shape index (κ3) is 6.81. The number of nitrogens with one attached hydrogen (secondary N) is 3. The molecule has 0 aliphatic heterocycles. The number of hydrazine groups is 1. The number of amides is 3. The Morgan fingerprint density at radius 3 is 2.32 bits per heavy atom. The molecular formula is C21H24N4O6. The van der Waals surface area contributed by atoms with E-state index in [4.69, 9.17) is 4.74 Å². The standard InChI is InChI=1S/C21H24N4O6/c1-3-14(2)19(22-20(27)15-9-5-4-6-10-15)21(28)24-23-18(26)13-31-17-12-8-7-11-16(17)25(29)30/h4-12,14,19H,3,13H2,1-2H3,(H,22,27)(H,23,26)(H,24,28). The molecule has 2 atom stereocenters. The van der Waals surface area contributed by atoms with Crippen molar-refractivity contribution in [1.29, 1.82) is 0 Å². The van der Waals surface area contributed by atoms with Crippen molar-refractivity contribution < 1.29 is 24.0 Å². The smallest absolute Gasteiger partial charge is 0.310 e. The van der Waals surface area contributed by atoms with Crippen molar-refractivity contribution in [3.63, 3.8) is 0 Å². The quantitative estimate of drug-likeness (QED) is 0.412. The zero-order chi connectivity index (χ0) is 22.8. The highest BCUT2D eigenvalue weighted by Gasteiger charge is 2.26. The minimum Gasteiger partial charge on any atom is -0.477 e. The Bertz CT molecular complexity index is 934. The molecule has 0 spiro atoms. The first-order chi connectivity index (χ1) is 14.8. The van der Waals surface area contributed by atoms with Crippen molar-refractivity contribution in [2.45, 2.75) is 26.3 Å². The fraction of sp³-hybridized carbons (Fsp3) is 0.286. The van der Waals surface area contributed by atoms with Gasteiger partial charge in [0.2, 0.25) is 0 Å². The summed E-state index contributed by atoms with van der Waals surface area (Å²) in [6, 6.07) is 13.2. The third-order valence-corrected chi connectivity index (χ3v) is 4.56. The maximum Gasteiger partial charge on any atom is 0.310 e. The molecule has 3 amide bonds. The number of carbonyl (C=O) groups excluding carboxylic acids is 3. The zero-order valence-corrected chi connectivity index (χ0v) is 17.2. The summed E-state index contributed by atoms with van der Waals surface area (Å²) in [6.45, 7) is 3.13. The summed E-state index contributed by atoms with van der Waals surface area (Å²) < 4.78 is 5.17. The van der Waals surface area contributed by atoms with E-state index >= 15 is 0 Å². The Morgan fingerprint density at radius 1 is 1.03 bits per heavy atom. The monoisotopic (exact) mass is 428 g/mol. The van der Waals surface area contributed by atoms with E-state index in [1.54, 1.807) is 37.3 Å². The van der Waals surface area contributed by atoms with E-state index < -0.39 is 35.3 Å². The maximum atomic E-state index is 12.6. The molecule has 0 aromatic heterocycles. The Labute approximate surface area is 179 Å². The topological polar surface area (TPSA) is 140 Å². The summed E-state index contributed by atoms with van der Waals surface area (Å²) in [5.74, 6) is -2.00. The Morgan fingerprint density at radius 2 is 1.68 bits per heavy atom. The van der Waals surface area contributed by atoms with Crippen LogP contribution in [0.25, 0.3) is 0 Å². The van der Waals surface area contributed by atoms with Gasteiger partial charge in [0.05, 0.1) is 4.92 Å². The number of ether oxygens (including phenoxy) is 1. The highest BCUT2D eigenvalue weighted by molar-refractivity contribution is 5.97. The third-order valence-electron chi connectivity index (χ3n) is 4.56. The van der Waals surface area contributed by atoms with E-state index in [9.17, 15) is 24.5 Å². The second kappa shape index (κ2) is 11.3. The first-order valence-corrected chi connectivity index (χ1v) is 9.64. The SMILES string of the molecule is CCC(C)C(NC(=O)c1ccccc1)C(=O)NNC(=O)COc1ccccc1[N+](=O)[O-]. The summed E-state index contributed by atoms with van der Waals surface area (Å²) in [5.41, 5.74) is 4.58. The normalized spacial score (nSPS) is 12.2. The number of carbonyl (C=O) groups is 3. The molecule has 0 saturated heterocycles. The molecular weight excluding hydrogens is 404 g/mol. The molecule has 10 heteroatoms. The molecule has 0 aliphatic rings. The van der Waals surface area contributed by atoms with Gasteiger partial charge in [-0.1, -0.05) is 50.6 Å². The van der Waals surface area contributed by atoms with Crippen LogP contribution >= 0.6 is 0 Å². The Kier molecular flexibility index (Phi) is 8.50. The van der Waals surface area contributed by atoms with E-state index in [0.29, 0.717) is 12.0 Å². The number of hydrogen-bond donors (Lipinski definition) is 3. The average Bonchev–Trinajstić information content (AvgIpc) is 2.79. The molecule has 0 aliphatic carbocycles. The predicted molar refractivity (Wildman–Crippen MR) is 112 cm³/mol. The van der Waals surface area contributed by atoms with Gasteiger partial charge >= 0.3 is 5.69 Å². The van der Waals surface area contributed by atoms with Crippen LogP contribution in [0.5, 0.6) is 5.75 Å². The van der Waals surface area contributed by atoms with Crippen molar-refractivity contribution in [1.82, 2.24) is 16.2 Å². The first-order valence-electron chi connectivity index (χ1n) is 9.64. The van der Waals surface area contributed by atoms with E-state index in [1.807, 2.05) is 6.92 Å². The van der Waals surface area contributed by atoms with E-state index in [1.165, 1.54) is 24.3 Å². The van der Waals surface area contributed by atoms with Crippen LogP contribution in [0.2, 0.25) is 0 Å². The molecule has 2 rings (SSSR count). The number of hydrogen-bond acceptors (Lipinski definition) is 6. The van der Waals surface area contributed by atoms with Crippen LogP contribution in [0.4, 0.5) is 5.69 Å². The van der Waals surface area contributed by atoms with Gasteiger partial charge in [0.1, 0.15) is 6.04 Å². The molecule has 164 valence electrons. The highest BCUT2D eigenvalue weighted by atomic mass is 16.6. The van der Waals surface area contributed by atoms with E-state index in [2.05, 4.69) is 16.2 Å². The lowest BCUT2D eigenvalue weighted by Crippen LogP contribution is -2.55. The van der Waals surface area contributed by atoms with Gasteiger partial charge in [-0.15, -0.1) is 0 Å². The van der Waals surface area contributed by atoms with Gasteiger partial charge in [-0.3, -0.25) is 35.3 Å². The molecule has 0 fully saturated rings. The number of nitrogens with zero attached hydrogens (tertiary/aromatic N) is 1. The zero-order valence-electron chi connectivity index (χ0n) is 17.2. The lowest BCUT2D eigenvalue weighted by molar-refractivity contribution is -0.385. The van der Waals surface area contributed by atoms with E-state index in [-0.39, 0.29) is 17.4 Å². The Hall–Kier alpha value is -3.95. The maximum absolute atomic E-state index is 12.6. The van der Waals surface area contributed by atoms with Crippen molar-refractivity contribution in [3.8, 4) is 5.75 Å². The molecule has 0 bridgehead atoms. The van der Waals surface area contributed by atoms with Crippen molar-refractivity contribution >= 4 is 23.4 Å². The Balaban J connectivity index is 1.92. The van der Waals surface area contributed by atoms with Gasteiger partial charge in [0.15, 0.2) is 12.4 Å². The molecule has 2 aromatic rings. The van der Waals surface area contributed by atoms with Crippen molar-refractivity contribution in [2.24, 2.45) is 5.92 Å². The first kappa shape index (κ1) is 23.3. The molecule has 31 heavy (non-hydrogen) atoms. The lowest BCUT2D eigenvalue weighted by atomic mass is 9.98. The van der Waals surface area contributed by atoms with Gasteiger partial charge < -0.3 is 10.1 Å². The van der Waals surface area contributed by atoms with Crippen molar-refractivity contribution in [3.05, 3.63) is 70.3 Å². The lowest BCUT2D eigenvalue weighted by Gasteiger charge is -2.23.